The number of carbonyl (C=O) groups excluding carboxylic acids is 1. The number of ether oxygens (including phenoxy) is 1. The number of carbonyl (C=O) groups is 1. The highest BCUT2D eigenvalue weighted by atomic mass is 16.5. The van der Waals surface area contributed by atoms with E-state index in [1.165, 1.54) is 24.8 Å². The summed E-state index contributed by atoms with van der Waals surface area (Å²) < 4.78 is 5.51. The van der Waals surface area contributed by atoms with Crippen LogP contribution in [0.3, 0.4) is 0 Å². The molecular weight excluding hydrogens is 284 g/mol. The predicted octanol–water partition coefficient (Wildman–Crippen LogP) is 6.27. The Morgan fingerprint density at radius 3 is 2.48 bits per heavy atom. The van der Waals surface area contributed by atoms with Gasteiger partial charge in [-0.15, -0.1) is 0 Å². The van der Waals surface area contributed by atoms with Crippen LogP contribution in [0.25, 0.3) is 0 Å². The summed E-state index contributed by atoms with van der Waals surface area (Å²) in [6, 6.07) is 6.09. The maximum absolute atomic E-state index is 12.4. The molecule has 2 heteroatoms. The molecule has 0 aliphatic rings. The van der Waals surface area contributed by atoms with Gasteiger partial charge >= 0.3 is 5.97 Å². The first-order chi connectivity index (χ1) is 11.0. The lowest BCUT2D eigenvalue weighted by Gasteiger charge is -2.16. The van der Waals surface area contributed by atoms with Gasteiger partial charge in [-0.2, -0.15) is 0 Å². The fourth-order valence-electron chi connectivity index (χ4n) is 2.84. The standard InChI is InChI=1S/C21H34O2/c1-6-7-11-18(5)20-15-17(4)12-13-19(20)21(22)23-14-9-8-10-16(2)3/h12-13,15-16,18H,6-11,14H2,1-5H3. The third-order valence-electron chi connectivity index (χ3n) is 4.36. The third-order valence-corrected chi connectivity index (χ3v) is 4.36. The molecule has 0 aliphatic heterocycles. The van der Waals surface area contributed by atoms with Gasteiger partial charge in [0.2, 0.25) is 0 Å². The van der Waals surface area contributed by atoms with E-state index < -0.39 is 0 Å². The van der Waals surface area contributed by atoms with Gasteiger partial charge in [0.15, 0.2) is 0 Å². The van der Waals surface area contributed by atoms with E-state index >= 15 is 0 Å². The predicted molar refractivity (Wildman–Crippen MR) is 98.1 cm³/mol. The van der Waals surface area contributed by atoms with Gasteiger partial charge in [0.05, 0.1) is 12.2 Å². The van der Waals surface area contributed by atoms with E-state index in [9.17, 15) is 4.79 Å². The van der Waals surface area contributed by atoms with Gasteiger partial charge < -0.3 is 4.74 Å². The first kappa shape index (κ1) is 19.7. The van der Waals surface area contributed by atoms with E-state index in [-0.39, 0.29) is 5.97 Å². The topological polar surface area (TPSA) is 26.3 Å². The van der Waals surface area contributed by atoms with Crippen molar-refractivity contribution in [3.8, 4) is 0 Å². The highest BCUT2D eigenvalue weighted by Crippen LogP contribution is 2.26. The van der Waals surface area contributed by atoms with Crippen LogP contribution in [-0.4, -0.2) is 12.6 Å². The number of aryl methyl sites for hydroxylation is 1. The molecule has 1 aromatic rings. The Kier molecular flexibility index (Phi) is 8.98. The van der Waals surface area contributed by atoms with Crippen LogP contribution < -0.4 is 0 Å². The molecule has 1 unspecified atom stereocenters. The molecule has 1 atom stereocenters. The molecule has 1 rings (SSSR count). The molecular formula is C21H34O2. The van der Waals surface area contributed by atoms with Gasteiger partial charge in [-0.3, -0.25) is 0 Å². The van der Waals surface area contributed by atoms with Gasteiger partial charge in [-0.1, -0.05) is 64.7 Å². The lowest BCUT2D eigenvalue weighted by Crippen LogP contribution is -2.11. The second-order valence-corrected chi connectivity index (χ2v) is 7.16. The minimum Gasteiger partial charge on any atom is -0.462 e. The third kappa shape index (κ3) is 7.20. The highest BCUT2D eigenvalue weighted by Gasteiger charge is 2.17. The second kappa shape index (κ2) is 10.5. The van der Waals surface area contributed by atoms with Crippen molar-refractivity contribution in [1.82, 2.24) is 0 Å². The Hall–Kier alpha value is -1.31. The van der Waals surface area contributed by atoms with Gasteiger partial charge in [0.25, 0.3) is 0 Å². The molecule has 0 saturated heterocycles. The average Bonchev–Trinajstić information content (AvgIpc) is 2.51. The summed E-state index contributed by atoms with van der Waals surface area (Å²) in [6.07, 6.45) is 6.77. The van der Waals surface area contributed by atoms with E-state index in [0.717, 1.165) is 30.4 Å². The number of unbranched alkanes of at least 4 members (excludes halogenated alkanes) is 2. The minimum absolute atomic E-state index is 0.159. The van der Waals surface area contributed by atoms with Gasteiger partial charge in [-0.25, -0.2) is 4.79 Å². The van der Waals surface area contributed by atoms with Crippen LogP contribution in [0.2, 0.25) is 0 Å². The molecule has 0 saturated carbocycles. The Morgan fingerprint density at radius 1 is 1.09 bits per heavy atom. The van der Waals surface area contributed by atoms with Crippen molar-refractivity contribution in [2.45, 2.75) is 79.1 Å². The molecule has 2 nitrogen and oxygen atoms in total. The summed E-state index contributed by atoms with van der Waals surface area (Å²) in [5, 5.41) is 0. The summed E-state index contributed by atoms with van der Waals surface area (Å²) in [5.74, 6) is 0.958. The summed E-state index contributed by atoms with van der Waals surface area (Å²) in [6.45, 7) is 11.5. The normalized spacial score (nSPS) is 12.4. The van der Waals surface area contributed by atoms with Crippen LogP contribution in [0, 0.1) is 12.8 Å². The Bertz CT molecular complexity index is 477. The van der Waals surface area contributed by atoms with E-state index in [4.69, 9.17) is 4.74 Å². The zero-order valence-electron chi connectivity index (χ0n) is 15.7. The highest BCUT2D eigenvalue weighted by molar-refractivity contribution is 5.91. The Morgan fingerprint density at radius 2 is 1.83 bits per heavy atom. The quantitative estimate of drug-likeness (QED) is 0.375. The second-order valence-electron chi connectivity index (χ2n) is 7.16. The van der Waals surface area contributed by atoms with Crippen LogP contribution in [0.1, 0.15) is 93.6 Å². The Labute approximate surface area is 142 Å². The molecule has 0 amide bonds. The van der Waals surface area contributed by atoms with E-state index in [2.05, 4.69) is 40.7 Å². The van der Waals surface area contributed by atoms with Crippen molar-refractivity contribution >= 4 is 5.97 Å². The fraction of sp³-hybridized carbons (Fsp3) is 0.667. The first-order valence-electron chi connectivity index (χ1n) is 9.23. The summed E-state index contributed by atoms with van der Waals surface area (Å²) in [5.41, 5.74) is 3.10. The van der Waals surface area contributed by atoms with Crippen molar-refractivity contribution in [3.63, 3.8) is 0 Å². The molecule has 0 aliphatic carbocycles. The van der Waals surface area contributed by atoms with Gasteiger partial charge in [0.1, 0.15) is 0 Å². The van der Waals surface area contributed by atoms with Crippen molar-refractivity contribution in [1.29, 1.82) is 0 Å². The Balaban J connectivity index is 2.64. The van der Waals surface area contributed by atoms with Crippen molar-refractivity contribution < 1.29 is 9.53 Å². The monoisotopic (exact) mass is 318 g/mol. The van der Waals surface area contributed by atoms with Crippen molar-refractivity contribution in [2.75, 3.05) is 6.61 Å². The van der Waals surface area contributed by atoms with Crippen LogP contribution in [-0.2, 0) is 4.74 Å². The summed E-state index contributed by atoms with van der Waals surface area (Å²) in [7, 11) is 0. The largest absolute Gasteiger partial charge is 0.462 e. The molecule has 0 N–H and O–H groups in total. The summed E-state index contributed by atoms with van der Waals surface area (Å²) in [4.78, 5) is 12.4. The molecule has 23 heavy (non-hydrogen) atoms. The number of benzene rings is 1. The van der Waals surface area contributed by atoms with E-state index in [1.807, 2.05) is 12.1 Å². The van der Waals surface area contributed by atoms with Crippen LogP contribution >= 0.6 is 0 Å². The lowest BCUT2D eigenvalue weighted by atomic mass is 9.90. The molecule has 0 bridgehead atoms. The van der Waals surface area contributed by atoms with Gasteiger partial charge in [-0.05, 0) is 49.7 Å². The van der Waals surface area contributed by atoms with Crippen molar-refractivity contribution in [3.05, 3.63) is 34.9 Å². The molecule has 0 aromatic heterocycles. The van der Waals surface area contributed by atoms with Crippen LogP contribution in [0.4, 0.5) is 0 Å². The maximum atomic E-state index is 12.4. The van der Waals surface area contributed by atoms with Crippen LogP contribution in [0.15, 0.2) is 18.2 Å². The van der Waals surface area contributed by atoms with Crippen LogP contribution in [0.5, 0.6) is 0 Å². The average molecular weight is 319 g/mol. The molecule has 0 heterocycles. The number of rotatable bonds is 10. The summed E-state index contributed by atoms with van der Waals surface area (Å²) >= 11 is 0. The number of hydrogen-bond acceptors (Lipinski definition) is 2. The smallest absolute Gasteiger partial charge is 0.338 e. The number of hydrogen-bond donors (Lipinski definition) is 0. The number of esters is 1. The van der Waals surface area contributed by atoms with E-state index in [0.29, 0.717) is 18.4 Å². The van der Waals surface area contributed by atoms with Gasteiger partial charge in [0, 0.05) is 0 Å². The SMILES string of the molecule is CCCCC(C)c1cc(C)ccc1C(=O)OCCCCC(C)C. The fourth-order valence-corrected chi connectivity index (χ4v) is 2.84. The minimum atomic E-state index is -0.159. The molecule has 130 valence electrons. The lowest BCUT2D eigenvalue weighted by molar-refractivity contribution is 0.0495. The maximum Gasteiger partial charge on any atom is 0.338 e. The molecule has 1 aromatic carbocycles. The zero-order valence-corrected chi connectivity index (χ0v) is 15.7. The zero-order chi connectivity index (χ0) is 17.2. The molecule has 0 radical (unpaired) electrons. The first-order valence-corrected chi connectivity index (χ1v) is 9.23. The molecule has 0 fully saturated rings. The van der Waals surface area contributed by atoms with Crippen molar-refractivity contribution in [2.24, 2.45) is 5.92 Å². The molecule has 0 spiro atoms. The van der Waals surface area contributed by atoms with E-state index in [1.54, 1.807) is 0 Å².